The first-order chi connectivity index (χ1) is 49.6. The van der Waals surface area contributed by atoms with E-state index in [2.05, 4.69) is 123 Å². The Morgan fingerprint density at radius 3 is 0.842 bits per heavy atom. The monoisotopic (exact) mass is 1410 g/mol. The van der Waals surface area contributed by atoms with Gasteiger partial charge in [0.2, 0.25) is 0 Å². The molecular weight excluding hydrogens is 1250 g/mol. The van der Waals surface area contributed by atoms with Crippen LogP contribution in [0.2, 0.25) is 0 Å². The summed E-state index contributed by atoms with van der Waals surface area (Å²) in [4.78, 5) is 37.8. The number of carbonyl (C=O) groups excluding carboxylic acids is 2. The van der Waals surface area contributed by atoms with Crippen molar-refractivity contribution in [3.63, 3.8) is 0 Å². The number of rotatable bonds is 80. The Hall–Kier alpha value is -4.05. The molecule has 0 fully saturated rings. The number of ether oxygens (including phenoxy) is 4. The van der Waals surface area contributed by atoms with Crippen LogP contribution in [-0.4, -0.2) is 87.4 Å². The Labute approximate surface area is 625 Å². The molecule has 0 spiro atoms. The minimum absolute atomic E-state index is 0.181. The number of nitrogens with zero attached hydrogens (tertiary/aromatic N) is 1. The Morgan fingerprint density at radius 1 is 0.307 bits per heavy atom. The highest BCUT2D eigenvalue weighted by molar-refractivity contribution is 5.71. The maximum atomic E-state index is 13.0. The molecule has 0 amide bonds. The van der Waals surface area contributed by atoms with Crippen LogP contribution in [0.5, 0.6) is 0 Å². The Kier molecular flexibility index (Phi) is 78.3. The van der Waals surface area contributed by atoms with Crippen molar-refractivity contribution in [2.45, 2.75) is 411 Å². The van der Waals surface area contributed by atoms with Gasteiger partial charge in [-0.15, -0.1) is 0 Å². The molecule has 0 rings (SSSR count). The third-order valence-corrected chi connectivity index (χ3v) is 19.0. The smallest absolute Gasteiger partial charge is 0.361 e. The average Bonchev–Trinajstić information content (AvgIpc) is 1.25. The number of hydrogen-bond donors (Lipinski definition) is 1. The van der Waals surface area contributed by atoms with Crippen LogP contribution < -0.4 is 0 Å². The zero-order chi connectivity index (χ0) is 73.2. The summed E-state index contributed by atoms with van der Waals surface area (Å²) in [7, 11) is 5.99. The van der Waals surface area contributed by atoms with Crippen molar-refractivity contribution in [3.05, 3.63) is 109 Å². The second-order valence-corrected chi connectivity index (χ2v) is 30.1. The lowest BCUT2D eigenvalue weighted by Crippen LogP contribution is -2.40. The van der Waals surface area contributed by atoms with Gasteiger partial charge in [0.15, 0.2) is 6.10 Å². The van der Waals surface area contributed by atoms with Gasteiger partial charge < -0.3 is 28.5 Å². The van der Waals surface area contributed by atoms with Crippen molar-refractivity contribution in [2.24, 2.45) is 0 Å². The number of likely N-dealkylation sites (N-methyl/N-ethyl adjacent to an activating group) is 1. The molecule has 0 saturated heterocycles. The van der Waals surface area contributed by atoms with Gasteiger partial charge in [0.25, 0.3) is 6.29 Å². The molecule has 2 unspecified atom stereocenters. The highest BCUT2D eigenvalue weighted by atomic mass is 16.7. The normalized spacial score (nSPS) is 13.2. The number of quaternary nitrogens is 1. The van der Waals surface area contributed by atoms with E-state index in [1.807, 2.05) is 21.1 Å². The zero-order valence-corrected chi connectivity index (χ0v) is 67.1. The van der Waals surface area contributed by atoms with Crippen LogP contribution in [0, 0.1) is 0 Å². The summed E-state index contributed by atoms with van der Waals surface area (Å²) in [6.07, 6.45) is 113. The molecule has 584 valence electrons. The molecule has 0 aromatic rings. The first kappa shape index (κ1) is 97.0. The molecule has 0 heterocycles. The van der Waals surface area contributed by atoms with Crippen LogP contribution in [-0.2, 0) is 33.3 Å². The lowest BCUT2D eigenvalue weighted by Gasteiger charge is -2.25. The van der Waals surface area contributed by atoms with Gasteiger partial charge in [0.05, 0.1) is 34.4 Å². The number of carboxylic acid groups (broad SMARTS) is 1. The molecule has 9 nitrogen and oxygen atoms in total. The fourth-order valence-electron chi connectivity index (χ4n) is 12.5. The quantitative estimate of drug-likeness (QED) is 0.0211. The van der Waals surface area contributed by atoms with Crippen molar-refractivity contribution in [2.75, 3.05) is 47.5 Å². The first-order valence-corrected chi connectivity index (χ1v) is 43.1. The predicted molar refractivity (Wildman–Crippen MR) is 438 cm³/mol. The number of hydrogen-bond acceptors (Lipinski definition) is 7. The zero-order valence-electron chi connectivity index (χ0n) is 67.1. The van der Waals surface area contributed by atoms with E-state index in [1.165, 1.54) is 283 Å². The molecular formula is C92H164NO8+. The summed E-state index contributed by atoms with van der Waals surface area (Å²) in [6, 6.07) is 0. The molecule has 101 heavy (non-hydrogen) atoms. The van der Waals surface area contributed by atoms with Crippen molar-refractivity contribution < 1.29 is 42.9 Å². The summed E-state index contributed by atoms with van der Waals surface area (Å²) < 4.78 is 23.1. The van der Waals surface area contributed by atoms with Crippen LogP contribution in [0.15, 0.2) is 109 Å². The van der Waals surface area contributed by atoms with Gasteiger partial charge >= 0.3 is 17.9 Å². The average molecular weight is 1410 g/mol. The largest absolute Gasteiger partial charge is 0.477 e. The minimum Gasteiger partial charge on any atom is -0.477 e. The second kappa shape index (κ2) is 81.6. The van der Waals surface area contributed by atoms with Crippen molar-refractivity contribution in [3.8, 4) is 0 Å². The summed E-state index contributed by atoms with van der Waals surface area (Å²) >= 11 is 0. The molecule has 2 atom stereocenters. The highest BCUT2D eigenvalue weighted by Crippen LogP contribution is 2.20. The third kappa shape index (κ3) is 83.1. The number of aliphatic carboxylic acids is 1. The summed E-state index contributed by atoms with van der Waals surface area (Å²) in [5, 5.41) is 9.79. The van der Waals surface area contributed by atoms with Gasteiger partial charge in [0, 0.05) is 12.8 Å². The number of esters is 2. The maximum absolute atomic E-state index is 13.0. The lowest BCUT2D eigenvalue weighted by molar-refractivity contribution is -0.870. The maximum Gasteiger partial charge on any atom is 0.361 e. The highest BCUT2D eigenvalue weighted by Gasteiger charge is 2.25. The molecule has 0 aliphatic rings. The van der Waals surface area contributed by atoms with Crippen LogP contribution in [0.25, 0.3) is 0 Å². The minimum atomic E-state index is -1.51. The second-order valence-electron chi connectivity index (χ2n) is 30.1. The third-order valence-electron chi connectivity index (χ3n) is 19.0. The molecule has 0 aliphatic carbocycles. The van der Waals surface area contributed by atoms with Gasteiger partial charge in [0.1, 0.15) is 13.2 Å². The van der Waals surface area contributed by atoms with E-state index in [0.717, 1.165) is 89.9 Å². The van der Waals surface area contributed by atoms with Crippen molar-refractivity contribution in [1.82, 2.24) is 0 Å². The van der Waals surface area contributed by atoms with Crippen LogP contribution in [0.3, 0.4) is 0 Å². The van der Waals surface area contributed by atoms with Gasteiger partial charge in [-0.3, -0.25) is 9.59 Å². The predicted octanol–water partition coefficient (Wildman–Crippen LogP) is 28.0. The van der Waals surface area contributed by atoms with Crippen molar-refractivity contribution in [1.29, 1.82) is 0 Å². The topological polar surface area (TPSA) is 108 Å². The first-order valence-electron chi connectivity index (χ1n) is 43.1. The molecule has 9 heteroatoms. The van der Waals surface area contributed by atoms with E-state index in [0.29, 0.717) is 17.4 Å². The standard InChI is InChI=1S/C92H163NO8/c1-6-8-10-12-14-16-18-20-22-24-26-28-30-32-34-36-38-40-42-44-45-47-48-50-52-54-56-58-60-62-64-66-68-70-72-74-76-78-80-82-89(94)99-86-88(87-100-92(91(96)97)98-85-84-93(3,4)5)101-90(95)83-81-79-77-75-73-71-69-67-65-63-61-59-57-55-53-51-49-46-43-41-39-37-35-33-31-29-27-25-23-21-19-17-15-13-11-9-7-2/h9,11,15,17-18,20-21,23-24,26-27,29,33,35,39,41,46,49,88,92H,6-8,10,12-14,16,19,22,25,28,30-32,34,36-38,40,42-45,47-48,50-87H2,1-5H3/p+1/b11-9-,17-15-,20-18-,23-21-,26-24-,29-27-,35-33-,41-39-,49-46-. The van der Waals surface area contributed by atoms with E-state index in [-0.39, 0.29) is 32.2 Å². The van der Waals surface area contributed by atoms with E-state index >= 15 is 0 Å². The van der Waals surface area contributed by atoms with Gasteiger partial charge in [-0.05, 0) is 103 Å². The van der Waals surface area contributed by atoms with E-state index < -0.39 is 24.3 Å². The lowest BCUT2D eigenvalue weighted by atomic mass is 10.0. The Bertz CT molecular complexity index is 2040. The van der Waals surface area contributed by atoms with E-state index in [4.69, 9.17) is 18.9 Å². The van der Waals surface area contributed by atoms with Crippen LogP contribution in [0.4, 0.5) is 0 Å². The van der Waals surface area contributed by atoms with Gasteiger partial charge in [-0.1, -0.05) is 393 Å². The molecule has 1 N–H and O–H groups in total. The molecule has 0 aromatic heterocycles. The molecule has 0 radical (unpaired) electrons. The summed E-state index contributed by atoms with van der Waals surface area (Å²) in [6.45, 7) is 4.80. The van der Waals surface area contributed by atoms with E-state index in [1.54, 1.807) is 0 Å². The molecule has 0 saturated carbocycles. The molecule has 0 aliphatic heterocycles. The SMILES string of the molecule is CC/C=C\C/C=C\C/C=C\C/C=C\C/C=C\C/C=C\C/C=C\CCCCCCCCCCCCCCCCCC(=O)OC(COC(=O)CCCCCCCCCCCCCCCCCCCCCCCCCCCCC/C=C\C/C=C\CCCCCCC)COC(OCC[N+](C)(C)C)C(=O)O. The summed E-state index contributed by atoms with van der Waals surface area (Å²) in [5.74, 6) is -1.98. The number of carbonyl (C=O) groups is 3. The summed E-state index contributed by atoms with van der Waals surface area (Å²) in [5.41, 5.74) is 0. The van der Waals surface area contributed by atoms with E-state index in [9.17, 15) is 19.5 Å². The number of unbranched alkanes of at least 4 members (excludes halogenated alkanes) is 47. The number of allylic oxidation sites excluding steroid dienone is 18. The fourth-order valence-corrected chi connectivity index (χ4v) is 12.5. The van der Waals surface area contributed by atoms with Gasteiger partial charge in [-0.2, -0.15) is 0 Å². The fraction of sp³-hybridized carbons (Fsp3) is 0.772. The van der Waals surface area contributed by atoms with Crippen LogP contribution >= 0.6 is 0 Å². The Morgan fingerprint density at radius 2 is 0.564 bits per heavy atom. The molecule has 0 aromatic carbocycles. The number of carboxylic acids is 1. The molecule has 0 bridgehead atoms. The van der Waals surface area contributed by atoms with Crippen molar-refractivity contribution >= 4 is 17.9 Å². The van der Waals surface area contributed by atoms with Gasteiger partial charge in [-0.25, -0.2) is 4.79 Å². The Balaban J connectivity index is 3.97. The van der Waals surface area contributed by atoms with Crippen LogP contribution in [0.1, 0.15) is 399 Å².